The number of nitrogens with one attached hydrogen (secondary N) is 2. The fourth-order valence-electron chi connectivity index (χ4n) is 2.86. The molecule has 0 spiro atoms. The van der Waals surface area contributed by atoms with Crippen LogP contribution < -0.4 is 15.4 Å². The quantitative estimate of drug-likeness (QED) is 0.734. The number of nitrogens with zero attached hydrogens (tertiary/aromatic N) is 4. The minimum Gasteiger partial charge on any atom is -0.476 e. The zero-order chi connectivity index (χ0) is 18.4. The highest BCUT2D eigenvalue weighted by Gasteiger charge is 2.22. The van der Waals surface area contributed by atoms with E-state index in [-0.39, 0.29) is 18.2 Å². The van der Waals surface area contributed by atoms with Gasteiger partial charge in [-0.15, -0.1) is 0 Å². The van der Waals surface area contributed by atoms with Gasteiger partial charge < -0.3 is 14.8 Å². The van der Waals surface area contributed by atoms with E-state index >= 15 is 0 Å². The van der Waals surface area contributed by atoms with Crippen molar-refractivity contribution in [3.8, 4) is 5.88 Å². The second kappa shape index (κ2) is 8.79. The number of ether oxygens (including phenoxy) is 2. The van der Waals surface area contributed by atoms with Crippen molar-refractivity contribution in [2.45, 2.75) is 52.2 Å². The molecule has 9 heteroatoms. The molecule has 0 aliphatic carbocycles. The van der Waals surface area contributed by atoms with E-state index in [9.17, 15) is 4.79 Å². The van der Waals surface area contributed by atoms with Gasteiger partial charge in [0.25, 0.3) is 0 Å². The van der Waals surface area contributed by atoms with Crippen LogP contribution in [0.2, 0.25) is 0 Å². The van der Waals surface area contributed by atoms with Crippen molar-refractivity contribution in [2.24, 2.45) is 0 Å². The highest BCUT2D eigenvalue weighted by atomic mass is 16.5. The van der Waals surface area contributed by atoms with Crippen LogP contribution in [0.25, 0.3) is 11.2 Å². The first-order valence-electron chi connectivity index (χ1n) is 9.26. The Labute approximate surface area is 152 Å². The summed E-state index contributed by atoms with van der Waals surface area (Å²) >= 11 is 0. The zero-order valence-electron chi connectivity index (χ0n) is 15.3. The van der Waals surface area contributed by atoms with E-state index in [4.69, 9.17) is 9.47 Å². The van der Waals surface area contributed by atoms with Gasteiger partial charge in [0.2, 0.25) is 11.8 Å². The molecule has 1 aliphatic rings. The maximum Gasteiger partial charge on any atom is 0.321 e. The lowest BCUT2D eigenvalue weighted by Crippen LogP contribution is -2.30. The third kappa shape index (κ3) is 4.21. The molecular formula is C17H26N6O3. The highest BCUT2D eigenvalue weighted by Crippen LogP contribution is 2.29. The summed E-state index contributed by atoms with van der Waals surface area (Å²) in [6.45, 7) is 5.72. The first-order chi connectivity index (χ1) is 12.7. The maximum absolute atomic E-state index is 12.0. The van der Waals surface area contributed by atoms with Crippen molar-refractivity contribution in [1.29, 1.82) is 0 Å². The molecule has 1 fully saturated rings. The molecule has 0 aromatic carbocycles. The molecule has 3 heterocycles. The number of anilines is 1. The van der Waals surface area contributed by atoms with Crippen LogP contribution in [-0.2, 0) is 4.74 Å². The summed E-state index contributed by atoms with van der Waals surface area (Å²) in [7, 11) is 0. The number of rotatable bonds is 7. The summed E-state index contributed by atoms with van der Waals surface area (Å²) in [5, 5.41) is 5.46. The number of hydrogen-bond donors (Lipinski definition) is 2. The summed E-state index contributed by atoms with van der Waals surface area (Å²) in [4.78, 5) is 25.2. The molecule has 1 saturated heterocycles. The van der Waals surface area contributed by atoms with Gasteiger partial charge in [-0.25, -0.2) is 9.78 Å². The van der Waals surface area contributed by atoms with E-state index in [1.165, 1.54) is 0 Å². The van der Waals surface area contributed by atoms with E-state index < -0.39 is 0 Å². The van der Waals surface area contributed by atoms with Crippen molar-refractivity contribution >= 4 is 23.1 Å². The molecule has 0 saturated carbocycles. The largest absolute Gasteiger partial charge is 0.476 e. The van der Waals surface area contributed by atoms with Crippen molar-refractivity contribution in [1.82, 2.24) is 24.8 Å². The molecule has 1 unspecified atom stereocenters. The number of amides is 2. The van der Waals surface area contributed by atoms with Crippen molar-refractivity contribution in [2.75, 3.05) is 25.1 Å². The number of urea groups is 1. The lowest BCUT2D eigenvalue weighted by atomic mass is 10.2. The van der Waals surface area contributed by atoms with Gasteiger partial charge in [-0.3, -0.25) is 9.88 Å². The van der Waals surface area contributed by atoms with Crippen molar-refractivity contribution in [3.63, 3.8) is 0 Å². The van der Waals surface area contributed by atoms with E-state index in [1.54, 1.807) is 6.33 Å². The fraction of sp³-hybridized carbons (Fsp3) is 0.647. The Balaban J connectivity index is 1.87. The van der Waals surface area contributed by atoms with Crippen LogP contribution >= 0.6 is 0 Å². The Bertz CT molecular complexity index is 741. The Morgan fingerprint density at radius 2 is 2.27 bits per heavy atom. The summed E-state index contributed by atoms with van der Waals surface area (Å²) in [5.74, 6) is 0.545. The Hall–Kier alpha value is -2.42. The average Bonchev–Trinajstić information content (AvgIpc) is 3.07. The first-order valence-corrected chi connectivity index (χ1v) is 9.26. The van der Waals surface area contributed by atoms with E-state index in [1.807, 2.05) is 11.5 Å². The number of aromatic nitrogens is 4. The van der Waals surface area contributed by atoms with Crippen LogP contribution in [0.15, 0.2) is 6.33 Å². The molecule has 2 N–H and O–H groups in total. The molecule has 2 aromatic heterocycles. The summed E-state index contributed by atoms with van der Waals surface area (Å²) in [6, 6.07) is -0.333. The van der Waals surface area contributed by atoms with Crippen molar-refractivity contribution in [3.05, 3.63) is 6.33 Å². The average molecular weight is 362 g/mol. The summed E-state index contributed by atoms with van der Waals surface area (Å²) < 4.78 is 13.3. The van der Waals surface area contributed by atoms with Crippen LogP contribution in [0.1, 0.15) is 52.2 Å². The molecule has 3 rings (SSSR count). The monoisotopic (exact) mass is 362 g/mol. The standard InChI is InChI=1S/C17H26N6O3/c1-3-5-9-18-17(24)22-16-20-14-13(15(21-16)25-4-2)19-11-23(14)12-8-6-7-10-26-12/h11-12H,3-10H2,1-2H3,(H2,18,20,21,22,24). The fourth-order valence-corrected chi connectivity index (χ4v) is 2.86. The maximum atomic E-state index is 12.0. The molecule has 142 valence electrons. The van der Waals surface area contributed by atoms with Crippen LogP contribution in [0.3, 0.4) is 0 Å². The molecule has 0 bridgehead atoms. The normalized spacial score (nSPS) is 17.2. The second-order valence-electron chi connectivity index (χ2n) is 6.17. The van der Waals surface area contributed by atoms with E-state index in [0.717, 1.165) is 38.7 Å². The predicted molar refractivity (Wildman–Crippen MR) is 97.3 cm³/mol. The van der Waals surface area contributed by atoms with Gasteiger partial charge in [-0.1, -0.05) is 13.3 Å². The van der Waals surface area contributed by atoms with Crippen LogP contribution in [0, 0.1) is 0 Å². The van der Waals surface area contributed by atoms with Gasteiger partial charge in [0.05, 0.1) is 12.9 Å². The van der Waals surface area contributed by atoms with Gasteiger partial charge in [-0.05, 0) is 32.6 Å². The Morgan fingerprint density at radius 1 is 1.38 bits per heavy atom. The van der Waals surface area contributed by atoms with E-state index in [2.05, 4.69) is 32.5 Å². The van der Waals surface area contributed by atoms with Gasteiger partial charge in [-0.2, -0.15) is 9.97 Å². The number of imidazole rings is 1. The molecule has 1 aliphatic heterocycles. The minimum atomic E-state index is -0.333. The topological polar surface area (TPSA) is 103 Å². The van der Waals surface area contributed by atoms with Crippen molar-refractivity contribution < 1.29 is 14.3 Å². The SMILES string of the molecule is CCCCNC(=O)Nc1nc(OCC)c2ncn(C3CCCCO3)c2n1. The second-order valence-corrected chi connectivity index (χ2v) is 6.17. The van der Waals surface area contributed by atoms with Gasteiger partial charge >= 0.3 is 6.03 Å². The number of unbranched alkanes of at least 4 members (excludes halogenated alkanes) is 1. The molecule has 2 aromatic rings. The number of hydrogen-bond acceptors (Lipinski definition) is 6. The molecule has 2 amide bonds. The van der Waals surface area contributed by atoms with Crippen LogP contribution in [0.5, 0.6) is 5.88 Å². The van der Waals surface area contributed by atoms with Gasteiger partial charge in [0, 0.05) is 13.2 Å². The summed E-state index contributed by atoms with van der Waals surface area (Å²) in [6.07, 6.45) is 6.58. The van der Waals surface area contributed by atoms with E-state index in [0.29, 0.717) is 30.2 Å². The number of fused-ring (bicyclic) bond motifs is 1. The minimum absolute atomic E-state index is 0.107. The molecule has 9 nitrogen and oxygen atoms in total. The predicted octanol–water partition coefficient (Wildman–Crippen LogP) is 2.85. The molecule has 1 atom stereocenters. The molecular weight excluding hydrogens is 336 g/mol. The highest BCUT2D eigenvalue weighted by molar-refractivity contribution is 5.89. The van der Waals surface area contributed by atoms with Crippen LogP contribution in [-0.4, -0.2) is 45.3 Å². The molecule has 0 radical (unpaired) electrons. The lowest BCUT2D eigenvalue weighted by molar-refractivity contribution is -0.0298. The Kier molecular flexibility index (Phi) is 6.21. The third-order valence-corrected chi connectivity index (χ3v) is 4.18. The number of carbonyl (C=O) groups is 1. The smallest absolute Gasteiger partial charge is 0.321 e. The first kappa shape index (κ1) is 18.4. The Morgan fingerprint density at radius 3 is 3.00 bits per heavy atom. The zero-order valence-corrected chi connectivity index (χ0v) is 15.3. The molecule has 26 heavy (non-hydrogen) atoms. The lowest BCUT2D eigenvalue weighted by Gasteiger charge is -2.23. The third-order valence-electron chi connectivity index (χ3n) is 4.18. The van der Waals surface area contributed by atoms with Gasteiger partial charge in [0.1, 0.15) is 6.23 Å². The van der Waals surface area contributed by atoms with Gasteiger partial charge in [0.15, 0.2) is 11.2 Å². The number of carbonyl (C=O) groups excluding carboxylic acids is 1. The van der Waals surface area contributed by atoms with Crippen LogP contribution in [0.4, 0.5) is 10.7 Å². The summed E-state index contributed by atoms with van der Waals surface area (Å²) in [5.41, 5.74) is 1.16.